The topological polar surface area (TPSA) is 65.9 Å². The number of methoxy groups -OCH3 is 1. The highest BCUT2D eigenvalue weighted by molar-refractivity contribution is 5.93. The van der Waals surface area contributed by atoms with Gasteiger partial charge in [0.15, 0.2) is 5.76 Å². The second kappa shape index (κ2) is 3.03. The van der Waals surface area contributed by atoms with E-state index in [4.69, 9.17) is 15.4 Å². The first-order chi connectivity index (χ1) is 5.27. The van der Waals surface area contributed by atoms with Gasteiger partial charge in [-0.05, 0) is 6.08 Å². The lowest BCUT2D eigenvalue weighted by Gasteiger charge is -2.06. The minimum absolute atomic E-state index is 0.0832. The molecule has 0 aromatic rings. The fourth-order valence-electron chi connectivity index (χ4n) is 0.827. The van der Waals surface area contributed by atoms with E-state index in [0.29, 0.717) is 17.9 Å². The molecular formula is C7H8N2O2. The van der Waals surface area contributed by atoms with Gasteiger partial charge < -0.3 is 15.4 Å². The molecule has 1 aliphatic rings. The summed E-state index contributed by atoms with van der Waals surface area (Å²) < 4.78 is 4.82. The van der Waals surface area contributed by atoms with Gasteiger partial charge in [-0.15, -0.1) is 0 Å². The molecule has 0 aliphatic heterocycles. The zero-order valence-electron chi connectivity index (χ0n) is 6.11. The summed E-state index contributed by atoms with van der Waals surface area (Å²) in [7, 11) is 1.46. The summed E-state index contributed by atoms with van der Waals surface area (Å²) in [5.41, 5.74) is 8.84. The molecule has 58 valence electrons. The molecule has 0 atom stereocenters. The molecule has 0 saturated carbocycles. The molecule has 0 saturated heterocycles. The molecule has 0 radical (unpaired) electrons. The van der Waals surface area contributed by atoms with Gasteiger partial charge >= 0.3 is 0 Å². The van der Waals surface area contributed by atoms with Gasteiger partial charge in [-0.2, -0.15) is 4.79 Å². The van der Waals surface area contributed by atoms with Crippen molar-refractivity contribution >= 4 is 5.71 Å². The molecule has 0 aromatic carbocycles. The lowest BCUT2D eigenvalue weighted by molar-refractivity contribution is -0.00691. The van der Waals surface area contributed by atoms with Crippen LogP contribution in [0.2, 0.25) is 0 Å². The van der Waals surface area contributed by atoms with Gasteiger partial charge in [0.25, 0.3) is 5.71 Å². The Hall–Kier alpha value is -1.54. The van der Waals surface area contributed by atoms with Crippen LogP contribution in [0.4, 0.5) is 0 Å². The lowest BCUT2D eigenvalue weighted by Crippen LogP contribution is -2.06. The molecule has 11 heavy (non-hydrogen) atoms. The first-order valence-corrected chi connectivity index (χ1v) is 3.13. The molecule has 1 N–H and O–H groups in total. The van der Waals surface area contributed by atoms with Gasteiger partial charge in [0.1, 0.15) is 12.2 Å². The third-order valence-electron chi connectivity index (χ3n) is 1.44. The number of allylic oxidation sites excluding steroid dienone is 3. The molecule has 0 bridgehead atoms. The summed E-state index contributed by atoms with van der Waals surface area (Å²) in [5.74, 6) is 0.500. The second-order valence-corrected chi connectivity index (χ2v) is 2.11. The van der Waals surface area contributed by atoms with Gasteiger partial charge in [-0.25, -0.2) is 0 Å². The zero-order chi connectivity index (χ0) is 8.27. The third kappa shape index (κ3) is 1.48. The molecule has 0 fully saturated rings. The maximum absolute atomic E-state index is 9.11. The zero-order valence-corrected chi connectivity index (χ0v) is 6.11. The Kier molecular flexibility index (Phi) is 2.09. The Balaban J connectivity index is 2.92. The summed E-state index contributed by atoms with van der Waals surface area (Å²) in [6.45, 7) is 0. The van der Waals surface area contributed by atoms with E-state index in [1.54, 1.807) is 0 Å². The molecular weight excluding hydrogens is 144 g/mol. The van der Waals surface area contributed by atoms with Crippen LogP contribution in [0.15, 0.2) is 23.7 Å². The molecule has 0 heterocycles. The number of hydrogen-bond acceptors (Lipinski definition) is 2. The van der Waals surface area contributed by atoms with Crippen molar-refractivity contribution in [1.82, 2.24) is 0 Å². The number of hydrogen-bond donors (Lipinski definition) is 1. The summed E-state index contributed by atoms with van der Waals surface area (Å²) in [5, 5.41) is 9.11. The van der Waals surface area contributed by atoms with E-state index in [0.717, 1.165) is 0 Å². The van der Waals surface area contributed by atoms with E-state index >= 15 is 0 Å². The predicted octanol–water partition coefficient (Wildman–Crippen LogP) is 1.03. The highest BCUT2D eigenvalue weighted by Gasteiger charge is 2.16. The fourth-order valence-corrected chi connectivity index (χ4v) is 0.827. The Morgan fingerprint density at radius 3 is 2.91 bits per heavy atom. The first-order valence-electron chi connectivity index (χ1n) is 3.13. The maximum atomic E-state index is 9.11. The Morgan fingerprint density at radius 2 is 2.36 bits per heavy atom. The first kappa shape index (κ1) is 7.57. The number of aliphatic hydroxyl groups is 1. The van der Waals surface area contributed by atoms with Crippen molar-refractivity contribution in [2.45, 2.75) is 6.42 Å². The molecule has 0 spiro atoms. The van der Waals surface area contributed by atoms with E-state index in [9.17, 15) is 0 Å². The van der Waals surface area contributed by atoms with E-state index in [-0.39, 0.29) is 5.76 Å². The van der Waals surface area contributed by atoms with Crippen LogP contribution in [0, 0.1) is 0 Å². The molecule has 0 aromatic heterocycles. The number of rotatable bonds is 1. The fraction of sp³-hybridized carbons (Fsp3) is 0.286. The van der Waals surface area contributed by atoms with E-state index in [1.165, 1.54) is 19.3 Å². The van der Waals surface area contributed by atoms with Crippen molar-refractivity contribution < 1.29 is 14.6 Å². The van der Waals surface area contributed by atoms with Crippen molar-refractivity contribution in [2.24, 2.45) is 0 Å². The van der Waals surface area contributed by atoms with Crippen LogP contribution in [-0.2, 0) is 4.74 Å². The monoisotopic (exact) mass is 152 g/mol. The minimum Gasteiger partial charge on any atom is -0.504 e. The van der Waals surface area contributed by atoms with Gasteiger partial charge in [-0.3, -0.25) is 0 Å². The summed E-state index contributed by atoms with van der Waals surface area (Å²) in [4.78, 5) is 2.98. The van der Waals surface area contributed by atoms with Crippen molar-refractivity contribution in [3.8, 4) is 0 Å². The van der Waals surface area contributed by atoms with Gasteiger partial charge in [0.2, 0.25) is 0 Å². The van der Waals surface area contributed by atoms with Crippen LogP contribution in [0.5, 0.6) is 0 Å². The van der Waals surface area contributed by atoms with Crippen molar-refractivity contribution in [3.05, 3.63) is 29.2 Å². The second-order valence-electron chi connectivity index (χ2n) is 2.11. The smallest absolute Gasteiger partial charge is 0.299 e. The average Bonchev–Trinajstić information content (AvgIpc) is 2.05. The van der Waals surface area contributed by atoms with Gasteiger partial charge in [-0.1, -0.05) is 0 Å². The quantitative estimate of drug-likeness (QED) is 0.450. The number of ether oxygens (including phenoxy) is 1. The van der Waals surface area contributed by atoms with E-state index in [2.05, 4.69) is 4.79 Å². The third-order valence-corrected chi connectivity index (χ3v) is 1.44. The standard InChI is InChI=1S/C7H8N2O2/c1-11-7-4-5(9-8)2-3-6(7)10/h2-3,10H,4H2,1H3. The summed E-state index contributed by atoms with van der Waals surface area (Å²) in [6.07, 6.45) is 3.28. The van der Waals surface area contributed by atoms with Gasteiger partial charge in [0, 0.05) is 6.08 Å². The van der Waals surface area contributed by atoms with Crippen molar-refractivity contribution in [1.29, 1.82) is 0 Å². The minimum atomic E-state index is 0.0832. The Morgan fingerprint density at radius 1 is 1.64 bits per heavy atom. The van der Waals surface area contributed by atoms with Crippen LogP contribution in [0.1, 0.15) is 6.42 Å². The van der Waals surface area contributed by atoms with Crippen molar-refractivity contribution in [2.75, 3.05) is 7.11 Å². The molecule has 1 aliphatic carbocycles. The SMILES string of the molecule is COC1=C(O)C=CC(=[N+]=[N-])C1. The highest BCUT2D eigenvalue weighted by atomic mass is 16.5. The van der Waals surface area contributed by atoms with E-state index < -0.39 is 0 Å². The predicted molar refractivity (Wildman–Crippen MR) is 39.0 cm³/mol. The average molecular weight is 152 g/mol. The van der Waals surface area contributed by atoms with Crippen LogP contribution in [0.3, 0.4) is 0 Å². The highest BCUT2D eigenvalue weighted by Crippen LogP contribution is 2.14. The number of nitrogens with zero attached hydrogens (tertiary/aromatic N) is 2. The normalized spacial score (nSPS) is 16.6. The number of aliphatic hydroxyl groups excluding tert-OH is 1. The van der Waals surface area contributed by atoms with Gasteiger partial charge in [0.05, 0.1) is 7.11 Å². The molecule has 0 unspecified atom stereocenters. The largest absolute Gasteiger partial charge is 0.504 e. The summed E-state index contributed by atoms with van der Waals surface area (Å²) in [6, 6.07) is 0. The molecule has 4 heteroatoms. The lowest BCUT2D eigenvalue weighted by atomic mass is 10.1. The Bertz CT molecular complexity index is 272. The van der Waals surface area contributed by atoms with Crippen LogP contribution < -0.4 is 0 Å². The summed E-state index contributed by atoms with van der Waals surface area (Å²) >= 11 is 0. The molecule has 4 nitrogen and oxygen atoms in total. The maximum Gasteiger partial charge on any atom is 0.299 e. The Labute approximate surface area is 64.0 Å². The van der Waals surface area contributed by atoms with E-state index in [1.807, 2.05) is 0 Å². The van der Waals surface area contributed by atoms with Crippen LogP contribution >= 0.6 is 0 Å². The van der Waals surface area contributed by atoms with Crippen LogP contribution in [-0.4, -0.2) is 22.7 Å². The van der Waals surface area contributed by atoms with Crippen molar-refractivity contribution in [3.63, 3.8) is 0 Å². The molecule has 1 rings (SSSR count). The molecule has 0 amide bonds. The van der Waals surface area contributed by atoms with Crippen LogP contribution in [0.25, 0.3) is 5.53 Å².